The number of anilines is 1. The van der Waals surface area contributed by atoms with E-state index in [4.69, 9.17) is 18.9 Å². The molecular formula is C23H26N2O5. The smallest absolute Gasteiger partial charge is 0.226 e. The van der Waals surface area contributed by atoms with Crippen molar-refractivity contribution in [3.63, 3.8) is 0 Å². The third kappa shape index (κ3) is 4.68. The first-order valence-electron chi connectivity index (χ1n) is 9.45. The average molecular weight is 410 g/mol. The fourth-order valence-corrected chi connectivity index (χ4v) is 3.34. The normalized spacial score (nSPS) is 11.5. The van der Waals surface area contributed by atoms with Crippen LogP contribution >= 0.6 is 0 Å². The lowest BCUT2D eigenvalue weighted by Crippen LogP contribution is -2.19. The average Bonchev–Trinajstić information content (AvgIpc) is 3.31. The Morgan fingerprint density at radius 2 is 1.57 bits per heavy atom. The number of aromatic nitrogens is 1. The highest BCUT2D eigenvalue weighted by atomic mass is 16.5. The number of hydrogen-bond donors (Lipinski definition) is 1. The van der Waals surface area contributed by atoms with Crippen LogP contribution in [0.4, 0.5) is 5.69 Å². The van der Waals surface area contributed by atoms with Crippen LogP contribution in [-0.4, -0.2) is 38.9 Å². The summed E-state index contributed by atoms with van der Waals surface area (Å²) in [6.45, 7) is 0. The van der Waals surface area contributed by atoms with E-state index in [0.29, 0.717) is 22.9 Å². The van der Waals surface area contributed by atoms with E-state index >= 15 is 0 Å². The van der Waals surface area contributed by atoms with E-state index in [2.05, 4.69) is 5.32 Å². The van der Waals surface area contributed by atoms with Crippen LogP contribution < -0.4 is 24.3 Å². The molecule has 0 aliphatic rings. The summed E-state index contributed by atoms with van der Waals surface area (Å²) in [5, 5.41) is 2.93. The minimum absolute atomic E-state index is 0.147. The number of carbonyl (C=O) groups is 1. The Kier molecular flexibility index (Phi) is 6.85. The zero-order valence-electron chi connectivity index (χ0n) is 17.5. The number of rotatable bonds is 9. The first-order chi connectivity index (χ1) is 14.6. The van der Waals surface area contributed by atoms with Gasteiger partial charge in [0.15, 0.2) is 11.5 Å². The van der Waals surface area contributed by atoms with Gasteiger partial charge in [-0.1, -0.05) is 12.1 Å². The highest BCUT2D eigenvalue weighted by molar-refractivity contribution is 5.92. The second-order valence-electron chi connectivity index (χ2n) is 6.59. The predicted molar refractivity (Wildman–Crippen MR) is 115 cm³/mol. The minimum atomic E-state index is -0.183. The van der Waals surface area contributed by atoms with Gasteiger partial charge in [0, 0.05) is 30.2 Å². The first-order valence-corrected chi connectivity index (χ1v) is 9.45. The number of benzene rings is 2. The fraction of sp³-hybridized carbons (Fsp3) is 0.261. The Bertz CT molecular complexity index is 960. The van der Waals surface area contributed by atoms with Crippen molar-refractivity contribution in [2.75, 3.05) is 33.8 Å². The maximum absolute atomic E-state index is 12.9. The van der Waals surface area contributed by atoms with E-state index in [0.717, 1.165) is 11.3 Å². The lowest BCUT2D eigenvalue weighted by atomic mass is 10.0. The largest absolute Gasteiger partial charge is 0.497 e. The van der Waals surface area contributed by atoms with E-state index in [-0.39, 0.29) is 18.4 Å². The number of carbonyl (C=O) groups excluding carboxylic acids is 1. The van der Waals surface area contributed by atoms with Gasteiger partial charge >= 0.3 is 0 Å². The quantitative estimate of drug-likeness (QED) is 0.574. The summed E-state index contributed by atoms with van der Waals surface area (Å²) < 4.78 is 23.4. The third-order valence-electron chi connectivity index (χ3n) is 4.79. The monoisotopic (exact) mass is 410 g/mol. The van der Waals surface area contributed by atoms with Crippen molar-refractivity contribution < 1.29 is 23.7 Å². The second-order valence-corrected chi connectivity index (χ2v) is 6.59. The number of hydrogen-bond acceptors (Lipinski definition) is 5. The van der Waals surface area contributed by atoms with Crippen LogP contribution in [0.5, 0.6) is 23.0 Å². The molecule has 1 aromatic heterocycles. The SMILES string of the molecule is COc1cccc(C(CC(=O)Nc2cc(OC)c(OC)c(OC)c2)n2cccc2)c1. The zero-order valence-corrected chi connectivity index (χ0v) is 17.5. The summed E-state index contributed by atoms with van der Waals surface area (Å²) in [7, 11) is 6.23. The van der Waals surface area contributed by atoms with Crippen LogP contribution in [0, 0.1) is 0 Å². The highest BCUT2D eigenvalue weighted by Gasteiger charge is 2.20. The Morgan fingerprint density at radius 1 is 0.900 bits per heavy atom. The molecule has 0 aliphatic heterocycles. The van der Waals surface area contributed by atoms with Crippen LogP contribution in [0.2, 0.25) is 0 Å². The van der Waals surface area contributed by atoms with Crippen LogP contribution in [0.3, 0.4) is 0 Å². The van der Waals surface area contributed by atoms with Gasteiger partial charge in [-0.3, -0.25) is 4.79 Å². The molecule has 1 N–H and O–H groups in total. The molecule has 158 valence electrons. The lowest BCUT2D eigenvalue weighted by molar-refractivity contribution is -0.116. The molecule has 0 aliphatic carbocycles. The van der Waals surface area contributed by atoms with Crippen molar-refractivity contribution in [2.45, 2.75) is 12.5 Å². The zero-order chi connectivity index (χ0) is 21.5. The summed E-state index contributed by atoms with van der Waals surface area (Å²) in [5.74, 6) is 2.02. The second kappa shape index (κ2) is 9.73. The van der Waals surface area contributed by atoms with Crippen LogP contribution in [0.1, 0.15) is 18.0 Å². The Balaban J connectivity index is 1.85. The van der Waals surface area contributed by atoms with Crippen molar-refractivity contribution in [1.82, 2.24) is 4.57 Å². The van der Waals surface area contributed by atoms with Gasteiger partial charge in [-0.2, -0.15) is 0 Å². The van der Waals surface area contributed by atoms with E-state index in [1.165, 1.54) is 21.3 Å². The van der Waals surface area contributed by atoms with Crippen molar-refractivity contribution in [1.29, 1.82) is 0 Å². The van der Waals surface area contributed by atoms with Gasteiger partial charge < -0.3 is 28.8 Å². The Labute approximate surface area is 176 Å². The van der Waals surface area contributed by atoms with Crippen molar-refractivity contribution in [2.24, 2.45) is 0 Å². The van der Waals surface area contributed by atoms with Gasteiger partial charge in [-0.25, -0.2) is 0 Å². The summed E-state index contributed by atoms with van der Waals surface area (Å²) in [6, 6.07) is 14.8. The Hall–Kier alpha value is -3.61. The van der Waals surface area contributed by atoms with E-state index < -0.39 is 0 Å². The molecule has 0 fully saturated rings. The van der Waals surface area contributed by atoms with Crippen molar-refractivity contribution in [3.8, 4) is 23.0 Å². The number of ether oxygens (including phenoxy) is 4. The molecule has 3 aromatic rings. The van der Waals surface area contributed by atoms with Crippen LogP contribution in [0.15, 0.2) is 60.9 Å². The first kappa shape index (κ1) is 21.1. The van der Waals surface area contributed by atoms with Gasteiger partial charge in [-0.05, 0) is 29.8 Å². The molecule has 0 spiro atoms. The summed E-state index contributed by atoms with van der Waals surface area (Å²) in [6.07, 6.45) is 4.12. The molecule has 1 unspecified atom stereocenters. The number of methoxy groups -OCH3 is 4. The number of nitrogens with zero attached hydrogens (tertiary/aromatic N) is 1. The molecule has 1 atom stereocenters. The molecule has 2 aromatic carbocycles. The maximum Gasteiger partial charge on any atom is 0.226 e. The molecule has 0 saturated carbocycles. The van der Waals surface area contributed by atoms with Gasteiger partial charge in [0.05, 0.1) is 40.9 Å². The van der Waals surface area contributed by atoms with Crippen molar-refractivity contribution >= 4 is 11.6 Å². The third-order valence-corrected chi connectivity index (χ3v) is 4.79. The number of amides is 1. The Morgan fingerprint density at radius 3 is 2.13 bits per heavy atom. The lowest BCUT2D eigenvalue weighted by Gasteiger charge is -2.20. The van der Waals surface area contributed by atoms with Gasteiger partial charge in [0.25, 0.3) is 0 Å². The molecular weight excluding hydrogens is 384 g/mol. The molecule has 30 heavy (non-hydrogen) atoms. The topological polar surface area (TPSA) is 71.0 Å². The van der Waals surface area contributed by atoms with Crippen molar-refractivity contribution in [3.05, 3.63) is 66.5 Å². The number of nitrogens with one attached hydrogen (secondary N) is 1. The predicted octanol–water partition coefficient (Wildman–Crippen LogP) is 4.14. The minimum Gasteiger partial charge on any atom is -0.497 e. The highest BCUT2D eigenvalue weighted by Crippen LogP contribution is 2.40. The molecule has 1 heterocycles. The standard InChI is InChI=1S/C23H26N2O5/c1-27-18-9-7-8-16(12-18)19(25-10-5-6-11-25)15-22(26)24-17-13-20(28-2)23(30-4)21(14-17)29-3/h5-14,19H,15H2,1-4H3,(H,24,26). The van der Waals surface area contributed by atoms with Crippen LogP contribution in [0.25, 0.3) is 0 Å². The van der Waals surface area contributed by atoms with Gasteiger partial charge in [-0.15, -0.1) is 0 Å². The molecule has 1 amide bonds. The summed E-state index contributed by atoms with van der Waals surface area (Å²) >= 11 is 0. The van der Waals surface area contributed by atoms with Crippen LogP contribution in [-0.2, 0) is 4.79 Å². The summed E-state index contributed by atoms with van der Waals surface area (Å²) in [5.41, 5.74) is 1.54. The van der Waals surface area contributed by atoms with Gasteiger partial charge in [0.2, 0.25) is 11.7 Å². The fourth-order valence-electron chi connectivity index (χ4n) is 3.34. The van der Waals surface area contributed by atoms with E-state index in [1.54, 1.807) is 19.2 Å². The van der Waals surface area contributed by atoms with E-state index in [9.17, 15) is 4.79 Å². The maximum atomic E-state index is 12.9. The molecule has 7 nitrogen and oxygen atoms in total. The van der Waals surface area contributed by atoms with Gasteiger partial charge in [0.1, 0.15) is 5.75 Å². The molecule has 0 bridgehead atoms. The summed E-state index contributed by atoms with van der Waals surface area (Å²) in [4.78, 5) is 12.9. The molecule has 0 saturated heterocycles. The molecule has 0 radical (unpaired) electrons. The van der Waals surface area contributed by atoms with E-state index in [1.807, 2.05) is 53.4 Å². The molecule has 3 rings (SSSR count). The molecule has 7 heteroatoms.